The van der Waals surface area contributed by atoms with Crippen molar-refractivity contribution in [1.82, 2.24) is 4.90 Å². The Labute approximate surface area is 87.0 Å². The summed E-state index contributed by atoms with van der Waals surface area (Å²) in [6, 6.07) is 0. The van der Waals surface area contributed by atoms with E-state index < -0.39 is 0 Å². The molecule has 0 spiro atoms. The van der Waals surface area contributed by atoms with Crippen molar-refractivity contribution in [2.45, 2.75) is 33.1 Å². The van der Waals surface area contributed by atoms with Gasteiger partial charge in [0.15, 0.2) is 5.78 Å². The van der Waals surface area contributed by atoms with Crippen molar-refractivity contribution in [3.63, 3.8) is 0 Å². The molecule has 14 heavy (non-hydrogen) atoms. The van der Waals surface area contributed by atoms with E-state index in [0.29, 0.717) is 12.2 Å². The Hall–Kier alpha value is -0.630. The Morgan fingerprint density at radius 1 is 1.36 bits per heavy atom. The van der Waals surface area contributed by atoms with Crippen molar-refractivity contribution >= 4 is 5.78 Å². The van der Waals surface area contributed by atoms with Crippen LogP contribution < -0.4 is 0 Å². The van der Waals surface area contributed by atoms with Crippen LogP contribution in [0.3, 0.4) is 0 Å². The first kappa shape index (κ1) is 11.4. The van der Waals surface area contributed by atoms with Crippen LogP contribution in [0.5, 0.6) is 0 Å². The summed E-state index contributed by atoms with van der Waals surface area (Å²) >= 11 is 0. The molecule has 0 N–H and O–H groups in total. The van der Waals surface area contributed by atoms with Gasteiger partial charge in [0.1, 0.15) is 0 Å². The van der Waals surface area contributed by atoms with E-state index in [1.54, 1.807) is 0 Å². The number of allylic oxidation sites excluding steroid dienone is 1. The predicted molar refractivity (Wildman–Crippen MR) is 59.3 cm³/mol. The number of hydrogen-bond donors (Lipinski definition) is 0. The van der Waals surface area contributed by atoms with Gasteiger partial charge in [-0.25, -0.2) is 0 Å². The zero-order chi connectivity index (χ0) is 10.8. The van der Waals surface area contributed by atoms with Crippen molar-refractivity contribution in [1.29, 1.82) is 0 Å². The standard InChI is InChI=1S/C12H21NO/c1-12(2)8-10(5-6-13(3)4)7-11(14)9-12/h7H,5-6,8-9H2,1-4H3. The van der Waals surface area contributed by atoms with Gasteiger partial charge in [0.2, 0.25) is 0 Å². The van der Waals surface area contributed by atoms with Gasteiger partial charge in [-0.15, -0.1) is 0 Å². The second kappa shape index (κ2) is 4.26. The summed E-state index contributed by atoms with van der Waals surface area (Å²) in [6.07, 6.45) is 4.67. The van der Waals surface area contributed by atoms with Gasteiger partial charge in [-0.2, -0.15) is 0 Å². The number of ketones is 1. The van der Waals surface area contributed by atoms with E-state index >= 15 is 0 Å². The molecule has 80 valence electrons. The Morgan fingerprint density at radius 2 is 2.00 bits per heavy atom. The molecule has 0 aliphatic heterocycles. The lowest BCUT2D eigenvalue weighted by Crippen LogP contribution is -2.23. The zero-order valence-electron chi connectivity index (χ0n) is 9.76. The van der Waals surface area contributed by atoms with Crippen molar-refractivity contribution in [3.05, 3.63) is 11.6 Å². The summed E-state index contributed by atoms with van der Waals surface area (Å²) in [5.41, 5.74) is 1.49. The maximum Gasteiger partial charge on any atom is 0.156 e. The molecule has 1 rings (SSSR count). The number of nitrogens with zero attached hydrogens (tertiary/aromatic N) is 1. The molecular weight excluding hydrogens is 174 g/mol. The van der Waals surface area contributed by atoms with Crippen molar-refractivity contribution < 1.29 is 4.79 Å². The number of carbonyl (C=O) groups is 1. The summed E-state index contributed by atoms with van der Waals surface area (Å²) in [5, 5.41) is 0. The van der Waals surface area contributed by atoms with Crippen LogP contribution in [0.25, 0.3) is 0 Å². The highest BCUT2D eigenvalue weighted by Gasteiger charge is 2.26. The monoisotopic (exact) mass is 195 g/mol. The summed E-state index contributed by atoms with van der Waals surface area (Å²) in [5.74, 6) is 0.301. The molecule has 2 nitrogen and oxygen atoms in total. The van der Waals surface area contributed by atoms with Gasteiger partial charge >= 0.3 is 0 Å². The molecule has 0 heterocycles. The highest BCUT2D eigenvalue weighted by Crippen LogP contribution is 2.34. The molecule has 0 radical (unpaired) electrons. The van der Waals surface area contributed by atoms with E-state index in [2.05, 4.69) is 32.8 Å². The van der Waals surface area contributed by atoms with E-state index in [0.717, 1.165) is 19.4 Å². The van der Waals surface area contributed by atoms with E-state index in [9.17, 15) is 4.79 Å². The number of hydrogen-bond acceptors (Lipinski definition) is 2. The first-order chi connectivity index (χ1) is 6.39. The van der Waals surface area contributed by atoms with Crippen LogP contribution in [-0.2, 0) is 4.79 Å². The van der Waals surface area contributed by atoms with Crippen molar-refractivity contribution in [2.24, 2.45) is 5.41 Å². The van der Waals surface area contributed by atoms with E-state index in [4.69, 9.17) is 0 Å². The molecule has 0 saturated carbocycles. The Balaban J connectivity index is 2.56. The third-order valence-electron chi connectivity index (χ3n) is 2.60. The van der Waals surface area contributed by atoms with Crippen LogP contribution in [0.15, 0.2) is 11.6 Å². The molecule has 0 saturated heterocycles. The van der Waals surface area contributed by atoms with Gasteiger partial charge < -0.3 is 4.90 Å². The summed E-state index contributed by atoms with van der Waals surface area (Å²) in [6.45, 7) is 5.39. The fraction of sp³-hybridized carbons (Fsp3) is 0.750. The fourth-order valence-corrected chi connectivity index (χ4v) is 2.01. The zero-order valence-corrected chi connectivity index (χ0v) is 9.76. The van der Waals surface area contributed by atoms with Crippen LogP contribution in [0.4, 0.5) is 0 Å². The topological polar surface area (TPSA) is 20.3 Å². The number of rotatable bonds is 3. The summed E-state index contributed by atoms with van der Waals surface area (Å²) in [7, 11) is 4.13. The minimum Gasteiger partial charge on any atom is -0.309 e. The van der Waals surface area contributed by atoms with Gasteiger partial charge in [-0.1, -0.05) is 19.4 Å². The van der Waals surface area contributed by atoms with Gasteiger partial charge in [0.05, 0.1) is 0 Å². The molecule has 0 aromatic rings. The van der Waals surface area contributed by atoms with Crippen LogP contribution in [0.2, 0.25) is 0 Å². The SMILES string of the molecule is CN(C)CCC1=CC(=O)CC(C)(C)C1. The smallest absolute Gasteiger partial charge is 0.156 e. The Morgan fingerprint density at radius 3 is 2.50 bits per heavy atom. The van der Waals surface area contributed by atoms with Crippen molar-refractivity contribution in [2.75, 3.05) is 20.6 Å². The Kier molecular flexibility index (Phi) is 3.48. The molecule has 0 aromatic heterocycles. The second-order valence-corrected chi connectivity index (χ2v) is 5.34. The fourth-order valence-electron chi connectivity index (χ4n) is 2.01. The number of carbonyl (C=O) groups excluding carboxylic acids is 1. The Bertz CT molecular complexity index is 251. The van der Waals surface area contributed by atoms with Gasteiger partial charge in [0.25, 0.3) is 0 Å². The van der Waals surface area contributed by atoms with Crippen LogP contribution >= 0.6 is 0 Å². The van der Waals surface area contributed by atoms with E-state index in [1.165, 1.54) is 5.57 Å². The molecule has 0 bridgehead atoms. The lowest BCUT2D eigenvalue weighted by molar-refractivity contribution is -0.117. The lowest BCUT2D eigenvalue weighted by Gasteiger charge is -2.29. The highest BCUT2D eigenvalue weighted by molar-refractivity contribution is 5.91. The van der Waals surface area contributed by atoms with Gasteiger partial charge in [-0.05, 0) is 38.4 Å². The normalized spacial score (nSPS) is 21.2. The van der Waals surface area contributed by atoms with Gasteiger partial charge in [0, 0.05) is 13.0 Å². The van der Waals surface area contributed by atoms with Gasteiger partial charge in [-0.3, -0.25) is 4.79 Å². The first-order valence-corrected chi connectivity index (χ1v) is 5.26. The maximum atomic E-state index is 11.4. The largest absolute Gasteiger partial charge is 0.309 e. The maximum absolute atomic E-state index is 11.4. The van der Waals surface area contributed by atoms with Crippen LogP contribution in [0.1, 0.15) is 33.1 Å². The molecule has 0 atom stereocenters. The predicted octanol–water partition coefficient (Wildman–Crippen LogP) is 2.25. The van der Waals surface area contributed by atoms with E-state index in [-0.39, 0.29) is 5.41 Å². The van der Waals surface area contributed by atoms with Crippen LogP contribution in [0, 0.1) is 5.41 Å². The highest BCUT2D eigenvalue weighted by atomic mass is 16.1. The second-order valence-electron chi connectivity index (χ2n) is 5.34. The summed E-state index contributed by atoms with van der Waals surface area (Å²) in [4.78, 5) is 13.6. The molecule has 0 unspecified atom stereocenters. The average molecular weight is 195 g/mol. The molecule has 1 aliphatic rings. The third kappa shape index (κ3) is 3.62. The molecule has 0 amide bonds. The lowest BCUT2D eigenvalue weighted by atomic mass is 9.76. The molecule has 0 aromatic carbocycles. The first-order valence-electron chi connectivity index (χ1n) is 5.26. The third-order valence-corrected chi connectivity index (χ3v) is 2.60. The average Bonchev–Trinajstić information content (AvgIpc) is 1.96. The molecule has 0 fully saturated rings. The van der Waals surface area contributed by atoms with Crippen molar-refractivity contribution in [3.8, 4) is 0 Å². The summed E-state index contributed by atoms with van der Waals surface area (Å²) < 4.78 is 0. The van der Waals surface area contributed by atoms with Crippen LogP contribution in [-0.4, -0.2) is 31.3 Å². The van der Waals surface area contributed by atoms with E-state index in [1.807, 2.05) is 6.08 Å². The molecular formula is C12H21NO. The minimum atomic E-state index is 0.174. The quantitative estimate of drug-likeness (QED) is 0.688. The minimum absolute atomic E-state index is 0.174. The molecule has 1 aliphatic carbocycles. The molecule has 2 heteroatoms.